The first kappa shape index (κ1) is 18.1. The molecule has 0 saturated carbocycles. The lowest BCUT2D eigenvalue weighted by atomic mass is 10.2. The molecule has 0 spiro atoms. The Kier molecular flexibility index (Phi) is 6.33. The molecule has 0 heterocycles. The molecule has 21 heavy (non-hydrogen) atoms. The first-order chi connectivity index (χ1) is 9.68. The average molecular weight is 334 g/mol. The first-order valence-electron chi connectivity index (χ1n) is 6.70. The van der Waals surface area contributed by atoms with E-state index < -0.39 is 20.0 Å². The van der Waals surface area contributed by atoms with Gasteiger partial charge < -0.3 is 0 Å². The predicted molar refractivity (Wildman–Crippen MR) is 82.9 cm³/mol. The molecule has 8 heteroatoms. The summed E-state index contributed by atoms with van der Waals surface area (Å²) in [7, 11) is -6.97. The smallest absolute Gasteiger partial charge is 0.212 e. The van der Waals surface area contributed by atoms with Crippen LogP contribution in [0.4, 0.5) is 0 Å². The van der Waals surface area contributed by atoms with Crippen molar-refractivity contribution in [1.29, 1.82) is 0 Å². The van der Waals surface area contributed by atoms with Gasteiger partial charge in [-0.3, -0.25) is 0 Å². The Morgan fingerprint density at radius 1 is 1.14 bits per heavy atom. The Hall–Kier alpha value is -0.960. The quantitative estimate of drug-likeness (QED) is 0.769. The van der Waals surface area contributed by atoms with Gasteiger partial charge in [-0.05, 0) is 25.5 Å². The molecule has 1 atom stereocenters. The molecule has 1 N–H and O–H groups in total. The summed E-state index contributed by atoms with van der Waals surface area (Å²) in [6.45, 7) is 3.83. The Morgan fingerprint density at radius 2 is 1.71 bits per heavy atom. The molecular weight excluding hydrogens is 312 g/mol. The number of sulfonamides is 2. The number of benzene rings is 1. The van der Waals surface area contributed by atoms with E-state index >= 15 is 0 Å². The van der Waals surface area contributed by atoms with E-state index in [0.29, 0.717) is 6.42 Å². The normalized spacial score (nSPS) is 14.3. The van der Waals surface area contributed by atoms with E-state index in [2.05, 4.69) is 4.72 Å². The monoisotopic (exact) mass is 334 g/mol. The standard InChI is InChI=1S/C13H22N2O4S2/c1-4-12(2)15(20(3,16)17)11-10-14-21(18,19)13-8-6-5-7-9-13/h5-9,12,14H,4,10-11H2,1-3H3. The van der Waals surface area contributed by atoms with Crippen LogP contribution in [0.1, 0.15) is 20.3 Å². The highest BCUT2D eigenvalue weighted by molar-refractivity contribution is 7.89. The van der Waals surface area contributed by atoms with E-state index in [4.69, 9.17) is 0 Å². The fourth-order valence-electron chi connectivity index (χ4n) is 1.89. The summed E-state index contributed by atoms with van der Waals surface area (Å²) < 4.78 is 51.2. The Labute approximate surface area is 127 Å². The molecule has 1 aromatic carbocycles. The largest absolute Gasteiger partial charge is 0.240 e. The number of nitrogens with zero attached hydrogens (tertiary/aromatic N) is 1. The lowest BCUT2D eigenvalue weighted by molar-refractivity contribution is 0.335. The third-order valence-corrected chi connectivity index (χ3v) is 6.06. The van der Waals surface area contributed by atoms with E-state index in [1.165, 1.54) is 16.4 Å². The van der Waals surface area contributed by atoms with Crippen molar-refractivity contribution in [3.8, 4) is 0 Å². The molecule has 1 unspecified atom stereocenters. The summed E-state index contributed by atoms with van der Waals surface area (Å²) in [5.41, 5.74) is 0. The minimum atomic E-state index is -3.61. The molecule has 0 aromatic heterocycles. The van der Waals surface area contributed by atoms with Crippen LogP contribution in [-0.2, 0) is 20.0 Å². The van der Waals surface area contributed by atoms with Crippen molar-refractivity contribution in [1.82, 2.24) is 9.03 Å². The zero-order chi connectivity index (χ0) is 16.1. The summed E-state index contributed by atoms with van der Waals surface area (Å²) in [5, 5.41) is 0. The van der Waals surface area contributed by atoms with Gasteiger partial charge >= 0.3 is 0 Å². The van der Waals surface area contributed by atoms with Crippen LogP contribution in [0.5, 0.6) is 0 Å². The van der Waals surface area contributed by atoms with Crippen LogP contribution in [0.15, 0.2) is 35.2 Å². The van der Waals surface area contributed by atoms with Gasteiger partial charge in [-0.25, -0.2) is 21.6 Å². The number of rotatable bonds is 8. The molecule has 0 saturated heterocycles. The van der Waals surface area contributed by atoms with Crippen molar-refractivity contribution in [2.45, 2.75) is 31.2 Å². The number of hydrogen-bond acceptors (Lipinski definition) is 4. The van der Waals surface area contributed by atoms with E-state index in [-0.39, 0.29) is 24.0 Å². The van der Waals surface area contributed by atoms with Gasteiger partial charge in [-0.2, -0.15) is 4.31 Å². The Bertz CT molecular complexity index is 642. The molecule has 0 amide bonds. The van der Waals surface area contributed by atoms with Crippen molar-refractivity contribution >= 4 is 20.0 Å². The third kappa shape index (κ3) is 5.39. The predicted octanol–water partition coefficient (Wildman–Crippen LogP) is 1.03. The number of hydrogen-bond donors (Lipinski definition) is 1. The minimum Gasteiger partial charge on any atom is -0.212 e. The highest BCUT2D eigenvalue weighted by Crippen LogP contribution is 2.09. The molecule has 0 aliphatic rings. The minimum absolute atomic E-state index is 0.0363. The summed E-state index contributed by atoms with van der Waals surface area (Å²) >= 11 is 0. The van der Waals surface area contributed by atoms with Crippen LogP contribution < -0.4 is 4.72 Å². The highest BCUT2D eigenvalue weighted by atomic mass is 32.2. The maximum absolute atomic E-state index is 12.0. The summed E-state index contributed by atoms with van der Waals surface area (Å²) in [4.78, 5) is 0.166. The van der Waals surface area contributed by atoms with Crippen molar-refractivity contribution in [3.05, 3.63) is 30.3 Å². The maximum atomic E-state index is 12.0. The van der Waals surface area contributed by atoms with Crippen LogP contribution in [0.3, 0.4) is 0 Å². The molecule has 0 radical (unpaired) electrons. The van der Waals surface area contributed by atoms with Crippen LogP contribution >= 0.6 is 0 Å². The van der Waals surface area contributed by atoms with E-state index in [9.17, 15) is 16.8 Å². The molecule has 120 valence electrons. The van der Waals surface area contributed by atoms with Gasteiger partial charge in [0.2, 0.25) is 20.0 Å². The zero-order valence-electron chi connectivity index (χ0n) is 12.5. The molecule has 0 fully saturated rings. The Balaban J connectivity index is 2.71. The molecule has 6 nitrogen and oxygen atoms in total. The molecule has 0 bridgehead atoms. The summed E-state index contributed by atoms with van der Waals surface area (Å²) in [6.07, 6.45) is 1.80. The van der Waals surface area contributed by atoms with Crippen LogP contribution in [0.2, 0.25) is 0 Å². The van der Waals surface area contributed by atoms with Gasteiger partial charge in [-0.15, -0.1) is 0 Å². The second kappa shape index (κ2) is 7.35. The van der Waals surface area contributed by atoms with Crippen molar-refractivity contribution in [3.63, 3.8) is 0 Å². The lowest BCUT2D eigenvalue weighted by Crippen LogP contribution is -2.42. The van der Waals surface area contributed by atoms with Gasteiger partial charge in [0.1, 0.15) is 0 Å². The second-order valence-electron chi connectivity index (χ2n) is 4.84. The molecular formula is C13H22N2O4S2. The summed E-state index contributed by atoms with van der Waals surface area (Å²) in [5.74, 6) is 0. The van der Waals surface area contributed by atoms with Gasteiger partial charge in [0.05, 0.1) is 11.2 Å². The molecule has 1 aromatic rings. The average Bonchev–Trinajstić information content (AvgIpc) is 2.42. The fourth-order valence-corrected chi connectivity index (χ4v) is 4.16. The van der Waals surface area contributed by atoms with Crippen molar-refractivity contribution < 1.29 is 16.8 Å². The SMILES string of the molecule is CCC(C)N(CCNS(=O)(=O)c1ccccc1)S(C)(=O)=O. The fraction of sp³-hybridized carbons (Fsp3) is 0.538. The molecule has 0 aliphatic heterocycles. The van der Waals surface area contributed by atoms with Crippen LogP contribution in [0, 0.1) is 0 Å². The zero-order valence-corrected chi connectivity index (χ0v) is 14.1. The van der Waals surface area contributed by atoms with Crippen molar-refractivity contribution in [2.24, 2.45) is 0 Å². The maximum Gasteiger partial charge on any atom is 0.240 e. The van der Waals surface area contributed by atoms with Crippen molar-refractivity contribution in [2.75, 3.05) is 19.3 Å². The van der Waals surface area contributed by atoms with Gasteiger partial charge in [0, 0.05) is 19.1 Å². The lowest BCUT2D eigenvalue weighted by Gasteiger charge is -2.25. The highest BCUT2D eigenvalue weighted by Gasteiger charge is 2.22. The van der Waals surface area contributed by atoms with E-state index in [0.717, 1.165) is 6.26 Å². The van der Waals surface area contributed by atoms with Gasteiger partial charge in [-0.1, -0.05) is 25.1 Å². The van der Waals surface area contributed by atoms with Gasteiger partial charge in [0.15, 0.2) is 0 Å². The second-order valence-corrected chi connectivity index (χ2v) is 8.54. The van der Waals surface area contributed by atoms with Crippen LogP contribution in [0.25, 0.3) is 0 Å². The number of nitrogens with one attached hydrogen (secondary N) is 1. The Morgan fingerprint density at radius 3 is 2.19 bits per heavy atom. The molecule has 0 aliphatic carbocycles. The van der Waals surface area contributed by atoms with Gasteiger partial charge in [0.25, 0.3) is 0 Å². The first-order valence-corrected chi connectivity index (χ1v) is 10.0. The molecule has 1 rings (SSSR count). The topological polar surface area (TPSA) is 83.6 Å². The summed E-state index contributed by atoms with van der Waals surface area (Å²) in [6, 6.07) is 7.82. The van der Waals surface area contributed by atoms with E-state index in [1.54, 1.807) is 25.1 Å². The van der Waals surface area contributed by atoms with E-state index in [1.807, 2.05) is 6.92 Å². The third-order valence-electron chi connectivity index (χ3n) is 3.19. The van der Waals surface area contributed by atoms with Crippen LogP contribution in [-0.4, -0.2) is 46.5 Å².